The molecule has 0 spiro atoms. The highest BCUT2D eigenvalue weighted by Crippen LogP contribution is 2.41. The highest BCUT2D eigenvalue weighted by molar-refractivity contribution is 5.68. The highest BCUT2D eigenvalue weighted by Gasteiger charge is 2.39. The number of benzene rings is 4. The van der Waals surface area contributed by atoms with Crippen LogP contribution in [0.25, 0.3) is 0 Å². The molecule has 0 saturated carbocycles. The Morgan fingerprint density at radius 2 is 1.16 bits per heavy atom. The molecule has 0 saturated heterocycles. The average molecular weight is 584 g/mol. The van der Waals surface area contributed by atoms with E-state index in [0.717, 1.165) is 33.8 Å². The molecule has 0 aliphatic carbocycles. The second-order valence-corrected chi connectivity index (χ2v) is 11.2. The van der Waals surface area contributed by atoms with Crippen molar-refractivity contribution in [2.75, 3.05) is 27.4 Å². The van der Waals surface area contributed by atoms with E-state index in [9.17, 15) is 4.79 Å². The Morgan fingerprint density at radius 3 is 1.65 bits per heavy atom. The predicted molar refractivity (Wildman–Crippen MR) is 168 cm³/mol. The van der Waals surface area contributed by atoms with Crippen LogP contribution in [0.15, 0.2) is 109 Å². The minimum absolute atomic E-state index is 0.126. The molecule has 43 heavy (non-hydrogen) atoms. The molecule has 4 aromatic carbocycles. The zero-order valence-electron chi connectivity index (χ0n) is 25.5. The van der Waals surface area contributed by atoms with Crippen molar-refractivity contribution in [3.63, 3.8) is 0 Å². The Bertz CT molecular complexity index is 1350. The Morgan fingerprint density at radius 1 is 0.674 bits per heavy atom. The molecule has 1 amide bonds. The maximum Gasteiger partial charge on any atom is 0.408 e. The Balaban J connectivity index is 1.71. The van der Waals surface area contributed by atoms with Gasteiger partial charge in [0.2, 0.25) is 0 Å². The van der Waals surface area contributed by atoms with Gasteiger partial charge in [-0.3, -0.25) is 0 Å². The fourth-order valence-corrected chi connectivity index (χ4v) is 4.80. The first-order valence-corrected chi connectivity index (χ1v) is 14.3. The first kappa shape index (κ1) is 31.6. The number of hydrogen-bond donors (Lipinski definition) is 1. The molecule has 4 rings (SSSR count). The summed E-state index contributed by atoms with van der Waals surface area (Å²) in [5.41, 5.74) is 2.06. The molecule has 0 aromatic heterocycles. The van der Waals surface area contributed by atoms with E-state index in [-0.39, 0.29) is 13.2 Å². The van der Waals surface area contributed by atoms with Gasteiger partial charge in [-0.05, 0) is 67.3 Å². The maximum absolute atomic E-state index is 12.9. The molecule has 0 aliphatic heterocycles. The SMILES string of the molecule is COc1ccc(C(OCC(COCc2ccccc2)NC(=O)OC(C)(C)C)(c2ccccc2)c2ccc(OC)cc2)cc1. The molecule has 0 radical (unpaired) electrons. The smallest absolute Gasteiger partial charge is 0.408 e. The van der Waals surface area contributed by atoms with Gasteiger partial charge in [0.25, 0.3) is 0 Å². The van der Waals surface area contributed by atoms with E-state index in [1.807, 2.05) is 130 Å². The largest absolute Gasteiger partial charge is 0.497 e. The van der Waals surface area contributed by atoms with E-state index in [1.165, 1.54) is 0 Å². The van der Waals surface area contributed by atoms with Crippen LogP contribution in [-0.4, -0.2) is 45.2 Å². The van der Waals surface area contributed by atoms with Gasteiger partial charge in [-0.25, -0.2) is 4.79 Å². The van der Waals surface area contributed by atoms with Crippen molar-refractivity contribution in [1.29, 1.82) is 0 Å². The first-order chi connectivity index (χ1) is 20.7. The van der Waals surface area contributed by atoms with Gasteiger partial charge < -0.3 is 29.0 Å². The number of amides is 1. The van der Waals surface area contributed by atoms with E-state index in [4.69, 9.17) is 23.7 Å². The van der Waals surface area contributed by atoms with Gasteiger partial charge in [-0.2, -0.15) is 0 Å². The molecule has 1 N–H and O–H groups in total. The van der Waals surface area contributed by atoms with Crippen molar-refractivity contribution in [1.82, 2.24) is 5.32 Å². The maximum atomic E-state index is 12.9. The van der Waals surface area contributed by atoms with E-state index in [1.54, 1.807) is 14.2 Å². The molecule has 4 aromatic rings. The molecule has 226 valence electrons. The summed E-state index contributed by atoms with van der Waals surface area (Å²) < 4.78 is 29.6. The van der Waals surface area contributed by atoms with Crippen LogP contribution >= 0.6 is 0 Å². The third-order valence-corrected chi connectivity index (χ3v) is 6.83. The van der Waals surface area contributed by atoms with Crippen LogP contribution in [0.1, 0.15) is 43.0 Å². The molecule has 0 fully saturated rings. The number of carbonyl (C=O) groups is 1. The summed E-state index contributed by atoms with van der Waals surface area (Å²) in [5.74, 6) is 1.47. The monoisotopic (exact) mass is 583 g/mol. The Hall–Kier alpha value is -4.33. The second kappa shape index (κ2) is 14.7. The number of alkyl carbamates (subject to hydrolysis) is 1. The number of hydrogen-bond acceptors (Lipinski definition) is 6. The molecule has 0 aliphatic rings. The summed E-state index contributed by atoms with van der Waals surface area (Å²) in [4.78, 5) is 12.9. The summed E-state index contributed by atoms with van der Waals surface area (Å²) in [6.45, 7) is 6.23. The van der Waals surface area contributed by atoms with Crippen LogP contribution in [0.5, 0.6) is 11.5 Å². The number of ether oxygens (including phenoxy) is 5. The van der Waals surface area contributed by atoms with Crippen molar-refractivity contribution >= 4 is 6.09 Å². The van der Waals surface area contributed by atoms with E-state index < -0.39 is 23.3 Å². The zero-order chi connectivity index (χ0) is 30.7. The summed E-state index contributed by atoms with van der Waals surface area (Å²) >= 11 is 0. The molecule has 7 nitrogen and oxygen atoms in total. The normalized spacial score (nSPS) is 12.3. The van der Waals surface area contributed by atoms with Crippen molar-refractivity contribution in [2.24, 2.45) is 0 Å². The summed E-state index contributed by atoms with van der Waals surface area (Å²) in [7, 11) is 3.28. The third kappa shape index (κ3) is 8.60. The van der Waals surface area contributed by atoms with Crippen LogP contribution in [0.3, 0.4) is 0 Å². The number of methoxy groups -OCH3 is 2. The predicted octanol–water partition coefficient (Wildman–Crippen LogP) is 7.12. The fraction of sp³-hybridized carbons (Fsp3) is 0.306. The lowest BCUT2D eigenvalue weighted by atomic mass is 9.80. The van der Waals surface area contributed by atoms with Crippen LogP contribution < -0.4 is 14.8 Å². The van der Waals surface area contributed by atoms with Crippen LogP contribution in [0.4, 0.5) is 4.79 Å². The van der Waals surface area contributed by atoms with Gasteiger partial charge >= 0.3 is 6.09 Å². The van der Waals surface area contributed by atoms with E-state index >= 15 is 0 Å². The summed E-state index contributed by atoms with van der Waals surface area (Å²) in [5, 5.41) is 2.97. The molecule has 7 heteroatoms. The number of carbonyl (C=O) groups excluding carboxylic acids is 1. The van der Waals surface area contributed by atoms with Gasteiger partial charge in [0, 0.05) is 0 Å². The highest BCUT2D eigenvalue weighted by atomic mass is 16.6. The van der Waals surface area contributed by atoms with Crippen LogP contribution in [0, 0.1) is 0 Å². The standard InChI is InChI=1S/C36H41NO6/c1-35(2,3)43-34(38)37-31(25-41-24-27-12-8-6-9-13-27)26-42-36(28-14-10-7-11-15-28,29-16-20-32(39-4)21-17-29)30-18-22-33(40-5)23-19-30/h6-23,31H,24-26H2,1-5H3,(H,37,38). The average Bonchev–Trinajstić information content (AvgIpc) is 3.02. The van der Waals surface area contributed by atoms with Crippen molar-refractivity contribution < 1.29 is 28.5 Å². The molecule has 0 heterocycles. The molecular weight excluding hydrogens is 542 g/mol. The van der Waals surface area contributed by atoms with Crippen molar-refractivity contribution in [3.05, 3.63) is 131 Å². The van der Waals surface area contributed by atoms with Gasteiger partial charge in [0.05, 0.1) is 40.1 Å². The topological polar surface area (TPSA) is 75.2 Å². The van der Waals surface area contributed by atoms with E-state index in [0.29, 0.717) is 6.61 Å². The summed E-state index contributed by atoms with van der Waals surface area (Å²) in [6.07, 6.45) is -0.538. The molecular formula is C36H41NO6. The number of rotatable bonds is 13. The van der Waals surface area contributed by atoms with Gasteiger partial charge in [0.1, 0.15) is 22.7 Å². The lowest BCUT2D eigenvalue weighted by Gasteiger charge is -2.37. The van der Waals surface area contributed by atoms with Gasteiger partial charge in [-0.15, -0.1) is 0 Å². The van der Waals surface area contributed by atoms with Crippen LogP contribution in [0.2, 0.25) is 0 Å². The molecule has 1 unspecified atom stereocenters. The van der Waals surface area contributed by atoms with Crippen molar-refractivity contribution in [3.8, 4) is 11.5 Å². The minimum atomic E-state index is -1.03. The van der Waals surface area contributed by atoms with Crippen molar-refractivity contribution in [2.45, 2.75) is 44.6 Å². The van der Waals surface area contributed by atoms with Crippen LogP contribution in [-0.2, 0) is 26.4 Å². The molecule has 0 bridgehead atoms. The van der Waals surface area contributed by atoms with Gasteiger partial charge in [0.15, 0.2) is 0 Å². The first-order valence-electron chi connectivity index (χ1n) is 14.3. The Labute approximate surface area is 254 Å². The fourth-order valence-electron chi connectivity index (χ4n) is 4.80. The second-order valence-electron chi connectivity index (χ2n) is 11.2. The minimum Gasteiger partial charge on any atom is -0.497 e. The van der Waals surface area contributed by atoms with E-state index in [2.05, 4.69) is 5.32 Å². The number of nitrogens with one attached hydrogen (secondary N) is 1. The Kier molecular flexibility index (Phi) is 10.8. The lowest BCUT2D eigenvalue weighted by Crippen LogP contribution is -2.46. The third-order valence-electron chi connectivity index (χ3n) is 6.83. The van der Waals surface area contributed by atoms with Gasteiger partial charge in [-0.1, -0.05) is 84.9 Å². The molecule has 1 atom stereocenters. The quantitative estimate of drug-likeness (QED) is 0.169. The zero-order valence-corrected chi connectivity index (χ0v) is 25.5. The summed E-state index contributed by atoms with van der Waals surface area (Å²) in [6, 6.07) is 35.1. The lowest BCUT2D eigenvalue weighted by molar-refractivity contribution is -0.0217.